The fourth-order valence-corrected chi connectivity index (χ4v) is 2.46. The number of phosphoric acid groups is 1. The first-order valence-electron chi connectivity index (χ1n) is 7.93. The Hall–Kier alpha value is -0.950. The molecule has 0 bridgehead atoms. The molecule has 1 atom stereocenters. The number of primary amides is 1. The Bertz CT molecular complexity index is 389. The third-order valence-electron chi connectivity index (χ3n) is 2.96. The Morgan fingerprint density at radius 3 is 2.22 bits per heavy atom. The van der Waals surface area contributed by atoms with Crippen LogP contribution in [0.25, 0.3) is 0 Å². The highest BCUT2D eigenvalue weighted by atomic mass is 31.2. The van der Waals surface area contributed by atoms with Crippen LogP contribution < -0.4 is 5.73 Å². The summed E-state index contributed by atoms with van der Waals surface area (Å²) in [6.07, 6.45) is 8.08. The summed E-state index contributed by atoms with van der Waals surface area (Å²) in [5, 5.41) is 0. The van der Waals surface area contributed by atoms with E-state index < -0.39 is 20.3 Å². The molecule has 0 radical (unpaired) electrons. The van der Waals surface area contributed by atoms with Crippen LogP contribution in [0.1, 0.15) is 58.3 Å². The van der Waals surface area contributed by atoms with Crippen LogP contribution in [0.2, 0.25) is 0 Å². The van der Waals surface area contributed by atoms with E-state index in [-0.39, 0.29) is 19.2 Å². The summed E-state index contributed by atoms with van der Waals surface area (Å²) >= 11 is 0. The zero-order valence-electron chi connectivity index (χ0n) is 13.7. The zero-order valence-corrected chi connectivity index (χ0v) is 14.6. The van der Waals surface area contributed by atoms with Gasteiger partial charge in [-0.2, -0.15) is 0 Å². The van der Waals surface area contributed by atoms with Crippen LogP contribution >= 0.6 is 7.82 Å². The quantitative estimate of drug-likeness (QED) is 0.263. The van der Waals surface area contributed by atoms with Crippen molar-refractivity contribution in [2.75, 3.05) is 19.8 Å². The summed E-state index contributed by atoms with van der Waals surface area (Å²) in [7, 11) is -4.34. The van der Waals surface area contributed by atoms with E-state index in [0.717, 1.165) is 19.3 Å². The summed E-state index contributed by atoms with van der Waals surface area (Å²) in [6, 6.07) is 0. The summed E-state index contributed by atoms with van der Waals surface area (Å²) < 4.78 is 24.9. The average Bonchev–Trinajstić information content (AvgIpc) is 2.49. The number of esters is 1. The van der Waals surface area contributed by atoms with E-state index >= 15 is 0 Å². The highest BCUT2D eigenvalue weighted by Crippen LogP contribution is 2.42. The minimum absolute atomic E-state index is 0.153. The van der Waals surface area contributed by atoms with E-state index in [1.54, 1.807) is 0 Å². The number of phosphoric ester groups is 1. The standard InChI is InChI=1S/C14H28NO7P/c1-2-3-4-5-6-7-8-9-14(17)20-10-11-21-23(18,19)22-12-13(15)16/h2-12H2,1H3,(H2,15,16)(H,18,19). The fourth-order valence-electron chi connectivity index (χ4n) is 1.79. The van der Waals surface area contributed by atoms with E-state index in [1.165, 1.54) is 25.7 Å². The predicted molar refractivity (Wildman–Crippen MR) is 84.5 cm³/mol. The van der Waals surface area contributed by atoms with Crippen LogP contribution in [0.4, 0.5) is 0 Å². The molecule has 1 amide bonds. The molecule has 0 heterocycles. The summed E-state index contributed by atoms with van der Waals surface area (Å²) in [6.45, 7) is 1.00. The molecule has 23 heavy (non-hydrogen) atoms. The van der Waals surface area contributed by atoms with Crippen LogP contribution in [0.5, 0.6) is 0 Å². The lowest BCUT2D eigenvalue weighted by Gasteiger charge is -2.11. The monoisotopic (exact) mass is 353 g/mol. The molecule has 0 saturated carbocycles. The zero-order chi connectivity index (χ0) is 17.6. The number of unbranched alkanes of at least 4 members (excludes halogenated alkanes) is 6. The third kappa shape index (κ3) is 15.7. The first-order valence-corrected chi connectivity index (χ1v) is 9.42. The second-order valence-electron chi connectivity index (χ2n) is 5.13. The van der Waals surface area contributed by atoms with Gasteiger partial charge in [-0.3, -0.25) is 18.6 Å². The first kappa shape index (κ1) is 22.1. The molecule has 0 rings (SSSR count). The number of nitrogens with two attached hydrogens (primary N) is 1. The van der Waals surface area contributed by atoms with Crippen molar-refractivity contribution in [3.8, 4) is 0 Å². The van der Waals surface area contributed by atoms with Crippen LogP contribution in [0.3, 0.4) is 0 Å². The van der Waals surface area contributed by atoms with E-state index in [9.17, 15) is 14.2 Å². The molecule has 0 fully saturated rings. The average molecular weight is 353 g/mol. The molecule has 0 aromatic carbocycles. The maximum absolute atomic E-state index is 11.4. The Kier molecular flexibility index (Phi) is 12.9. The topological polar surface area (TPSA) is 125 Å². The van der Waals surface area contributed by atoms with Crippen molar-refractivity contribution in [3.63, 3.8) is 0 Å². The summed E-state index contributed by atoms with van der Waals surface area (Å²) in [5.41, 5.74) is 4.76. The first-order chi connectivity index (χ1) is 10.9. The van der Waals surface area contributed by atoms with Gasteiger partial charge in [0.2, 0.25) is 5.91 Å². The second-order valence-corrected chi connectivity index (χ2v) is 6.59. The van der Waals surface area contributed by atoms with Crippen LogP contribution in [0.15, 0.2) is 0 Å². The lowest BCUT2D eigenvalue weighted by molar-refractivity contribution is -0.144. The number of hydrogen-bond donors (Lipinski definition) is 2. The summed E-state index contributed by atoms with van der Waals surface area (Å²) in [5.74, 6) is -1.25. The van der Waals surface area contributed by atoms with E-state index in [0.29, 0.717) is 6.42 Å². The molecule has 0 aromatic heterocycles. The molecule has 0 aliphatic heterocycles. The van der Waals surface area contributed by atoms with Crippen molar-refractivity contribution >= 4 is 19.7 Å². The van der Waals surface area contributed by atoms with Gasteiger partial charge in [-0.25, -0.2) is 4.57 Å². The highest BCUT2D eigenvalue weighted by molar-refractivity contribution is 7.47. The SMILES string of the molecule is CCCCCCCCCC(=O)OCCOP(=O)(O)OCC(N)=O. The molecule has 136 valence electrons. The Balaban J connectivity index is 3.52. The van der Waals surface area contributed by atoms with Gasteiger partial charge < -0.3 is 15.4 Å². The van der Waals surface area contributed by atoms with Crippen molar-refractivity contribution in [3.05, 3.63) is 0 Å². The molecule has 0 saturated heterocycles. The molecule has 0 aliphatic carbocycles. The molecule has 9 heteroatoms. The lowest BCUT2D eigenvalue weighted by atomic mass is 10.1. The van der Waals surface area contributed by atoms with Gasteiger partial charge in [0.05, 0.1) is 6.61 Å². The Morgan fingerprint density at radius 2 is 1.61 bits per heavy atom. The van der Waals surface area contributed by atoms with Crippen LogP contribution in [-0.4, -0.2) is 36.6 Å². The molecule has 3 N–H and O–H groups in total. The molecule has 1 unspecified atom stereocenters. The van der Waals surface area contributed by atoms with Gasteiger partial charge in [-0.1, -0.05) is 45.4 Å². The van der Waals surface area contributed by atoms with Gasteiger partial charge in [0, 0.05) is 6.42 Å². The van der Waals surface area contributed by atoms with Crippen molar-refractivity contribution < 1.29 is 32.8 Å². The van der Waals surface area contributed by atoms with Gasteiger partial charge in [0.25, 0.3) is 0 Å². The van der Waals surface area contributed by atoms with E-state index in [4.69, 9.17) is 15.4 Å². The molecule has 8 nitrogen and oxygen atoms in total. The smallest absolute Gasteiger partial charge is 0.463 e. The van der Waals surface area contributed by atoms with Gasteiger partial charge >= 0.3 is 13.8 Å². The number of ether oxygens (including phenoxy) is 1. The van der Waals surface area contributed by atoms with Gasteiger partial charge in [-0.05, 0) is 6.42 Å². The van der Waals surface area contributed by atoms with Crippen molar-refractivity contribution in [1.82, 2.24) is 0 Å². The Morgan fingerprint density at radius 1 is 1.00 bits per heavy atom. The van der Waals surface area contributed by atoms with Crippen molar-refractivity contribution in [2.45, 2.75) is 58.3 Å². The molecular formula is C14H28NO7P. The number of carbonyl (C=O) groups excluding carboxylic acids is 2. The second kappa shape index (κ2) is 13.5. The van der Waals surface area contributed by atoms with Gasteiger partial charge in [-0.15, -0.1) is 0 Å². The largest absolute Gasteiger partial charge is 0.472 e. The lowest BCUT2D eigenvalue weighted by Crippen LogP contribution is -2.18. The Labute approximate surface area is 137 Å². The van der Waals surface area contributed by atoms with Crippen molar-refractivity contribution in [2.24, 2.45) is 5.73 Å². The number of rotatable bonds is 15. The minimum Gasteiger partial charge on any atom is -0.463 e. The number of hydrogen-bond acceptors (Lipinski definition) is 6. The number of amides is 1. The number of carbonyl (C=O) groups is 2. The molecule has 0 spiro atoms. The van der Waals surface area contributed by atoms with Crippen molar-refractivity contribution in [1.29, 1.82) is 0 Å². The summed E-state index contributed by atoms with van der Waals surface area (Å²) in [4.78, 5) is 31.0. The van der Waals surface area contributed by atoms with E-state index in [1.807, 2.05) is 0 Å². The van der Waals surface area contributed by atoms with Gasteiger partial charge in [0.1, 0.15) is 13.2 Å². The molecule has 0 aromatic rings. The minimum atomic E-state index is -4.34. The highest BCUT2D eigenvalue weighted by Gasteiger charge is 2.21. The van der Waals surface area contributed by atoms with E-state index in [2.05, 4.69) is 16.0 Å². The maximum Gasteiger partial charge on any atom is 0.472 e. The third-order valence-corrected chi connectivity index (χ3v) is 3.92. The molecule has 0 aliphatic rings. The fraction of sp³-hybridized carbons (Fsp3) is 0.857. The van der Waals surface area contributed by atoms with Crippen LogP contribution in [0, 0.1) is 0 Å². The normalized spacial score (nSPS) is 13.5. The predicted octanol–water partition coefficient (Wildman–Crippen LogP) is 2.29. The molecular weight excluding hydrogens is 325 g/mol. The maximum atomic E-state index is 11.4. The van der Waals surface area contributed by atoms with Gasteiger partial charge in [0.15, 0.2) is 0 Å². The van der Waals surface area contributed by atoms with Crippen LogP contribution in [-0.2, 0) is 27.9 Å².